The highest BCUT2D eigenvalue weighted by molar-refractivity contribution is 5.14. The predicted molar refractivity (Wildman–Crippen MR) is 61.7 cm³/mol. The van der Waals surface area contributed by atoms with E-state index in [1.54, 1.807) is 7.11 Å². The van der Waals surface area contributed by atoms with Crippen molar-refractivity contribution in [2.24, 2.45) is 5.92 Å². The molecule has 1 aromatic carbocycles. The zero-order valence-electron chi connectivity index (χ0n) is 9.28. The third-order valence-corrected chi connectivity index (χ3v) is 2.95. The number of methoxy groups -OCH3 is 1. The van der Waals surface area contributed by atoms with E-state index in [4.69, 9.17) is 4.74 Å². The SMILES string of the molecule is COCC(NCc1ccccc1)C1CC1. The quantitative estimate of drug-likeness (QED) is 0.768. The lowest BCUT2D eigenvalue weighted by Gasteiger charge is -2.17. The average Bonchev–Trinajstić information content (AvgIpc) is 3.09. The lowest BCUT2D eigenvalue weighted by atomic mass is 10.1. The summed E-state index contributed by atoms with van der Waals surface area (Å²) < 4.78 is 5.23. The largest absolute Gasteiger partial charge is 0.383 e. The van der Waals surface area contributed by atoms with Crippen LogP contribution in [0.2, 0.25) is 0 Å². The third kappa shape index (κ3) is 3.33. The highest BCUT2D eigenvalue weighted by atomic mass is 16.5. The molecule has 1 aromatic rings. The van der Waals surface area contributed by atoms with Crippen LogP contribution in [0, 0.1) is 5.92 Å². The summed E-state index contributed by atoms with van der Waals surface area (Å²) in [4.78, 5) is 0. The van der Waals surface area contributed by atoms with Crippen LogP contribution in [-0.4, -0.2) is 19.8 Å². The molecule has 0 spiro atoms. The van der Waals surface area contributed by atoms with Gasteiger partial charge >= 0.3 is 0 Å². The van der Waals surface area contributed by atoms with Gasteiger partial charge in [-0.2, -0.15) is 0 Å². The maximum atomic E-state index is 5.23. The normalized spacial score (nSPS) is 17.7. The summed E-state index contributed by atoms with van der Waals surface area (Å²) in [7, 11) is 1.78. The zero-order valence-corrected chi connectivity index (χ0v) is 9.28. The molecule has 0 amide bonds. The van der Waals surface area contributed by atoms with Crippen molar-refractivity contribution in [1.82, 2.24) is 5.32 Å². The molecule has 15 heavy (non-hydrogen) atoms. The summed E-state index contributed by atoms with van der Waals surface area (Å²) in [5, 5.41) is 3.57. The molecular weight excluding hydrogens is 186 g/mol. The van der Waals surface area contributed by atoms with Crippen LogP contribution in [-0.2, 0) is 11.3 Å². The molecule has 1 saturated carbocycles. The fraction of sp³-hybridized carbons (Fsp3) is 0.538. The molecule has 0 aromatic heterocycles. The van der Waals surface area contributed by atoms with E-state index in [-0.39, 0.29) is 0 Å². The second-order valence-corrected chi connectivity index (χ2v) is 4.27. The summed E-state index contributed by atoms with van der Waals surface area (Å²) in [6.45, 7) is 1.78. The van der Waals surface area contributed by atoms with Crippen molar-refractivity contribution in [2.45, 2.75) is 25.4 Å². The van der Waals surface area contributed by atoms with Crippen molar-refractivity contribution >= 4 is 0 Å². The van der Waals surface area contributed by atoms with Crippen molar-refractivity contribution in [3.63, 3.8) is 0 Å². The standard InChI is InChI=1S/C13H19NO/c1-15-10-13(12-7-8-12)14-9-11-5-3-2-4-6-11/h2-6,12-14H,7-10H2,1H3. The fourth-order valence-corrected chi connectivity index (χ4v) is 1.88. The van der Waals surface area contributed by atoms with Crippen LogP contribution in [0.5, 0.6) is 0 Å². The molecule has 2 nitrogen and oxygen atoms in total. The predicted octanol–water partition coefficient (Wildman–Crippen LogP) is 2.20. The van der Waals surface area contributed by atoms with E-state index >= 15 is 0 Å². The van der Waals surface area contributed by atoms with Crippen molar-refractivity contribution in [2.75, 3.05) is 13.7 Å². The first-order chi connectivity index (χ1) is 7.40. The number of nitrogens with one attached hydrogen (secondary N) is 1. The summed E-state index contributed by atoms with van der Waals surface area (Å²) in [5.41, 5.74) is 1.35. The Morgan fingerprint density at radius 3 is 2.67 bits per heavy atom. The highest BCUT2D eigenvalue weighted by Gasteiger charge is 2.30. The maximum Gasteiger partial charge on any atom is 0.0618 e. The Balaban J connectivity index is 1.80. The topological polar surface area (TPSA) is 21.3 Å². The minimum Gasteiger partial charge on any atom is -0.383 e. The Bertz CT molecular complexity index is 282. The van der Waals surface area contributed by atoms with E-state index < -0.39 is 0 Å². The first kappa shape index (κ1) is 10.7. The second kappa shape index (κ2) is 5.29. The first-order valence-corrected chi connectivity index (χ1v) is 5.66. The van der Waals surface area contributed by atoms with Crippen LogP contribution in [0.1, 0.15) is 18.4 Å². The molecule has 82 valence electrons. The van der Waals surface area contributed by atoms with Gasteiger partial charge in [0.25, 0.3) is 0 Å². The van der Waals surface area contributed by atoms with Crippen LogP contribution in [0.25, 0.3) is 0 Å². The Morgan fingerprint density at radius 2 is 2.07 bits per heavy atom. The van der Waals surface area contributed by atoms with Gasteiger partial charge in [-0.3, -0.25) is 0 Å². The molecule has 1 N–H and O–H groups in total. The van der Waals surface area contributed by atoms with Gasteiger partial charge in [0, 0.05) is 19.7 Å². The monoisotopic (exact) mass is 205 g/mol. The second-order valence-electron chi connectivity index (χ2n) is 4.27. The van der Waals surface area contributed by atoms with Gasteiger partial charge in [-0.15, -0.1) is 0 Å². The lowest BCUT2D eigenvalue weighted by molar-refractivity contribution is 0.157. The van der Waals surface area contributed by atoms with E-state index in [0.29, 0.717) is 6.04 Å². The van der Waals surface area contributed by atoms with Crippen LogP contribution in [0.3, 0.4) is 0 Å². The van der Waals surface area contributed by atoms with Crippen LogP contribution >= 0.6 is 0 Å². The minimum absolute atomic E-state index is 0.537. The van der Waals surface area contributed by atoms with Gasteiger partial charge < -0.3 is 10.1 Å². The van der Waals surface area contributed by atoms with Crippen molar-refractivity contribution < 1.29 is 4.74 Å². The van der Waals surface area contributed by atoms with Crippen LogP contribution in [0.4, 0.5) is 0 Å². The van der Waals surface area contributed by atoms with Gasteiger partial charge in [0.1, 0.15) is 0 Å². The van der Waals surface area contributed by atoms with E-state index in [9.17, 15) is 0 Å². The van der Waals surface area contributed by atoms with E-state index in [1.165, 1.54) is 18.4 Å². The Labute approximate surface area is 91.6 Å². The van der Waals surface area contributed by atoms with E-state index in [0.717, 1.165) is 19.1 Å². The van der Waals surface area contributed by atoms with Gasteiger partial charge in [0.2, 0.25) is 0 Å². The van der Waals surface area contributed by atoms with Crippen molar-refractivity contribution in [3.05, 3.63) is 35.9 Å². The van der Waals surface area contributed by atoms with Gasteiger partial charge in [0.05, 0.1) is 6.61 Å². The van der Waals surface area contributed by atoms with Gasteiger partial charge in [-0.25, -0.2) is 0 Å². The molecule has 1 fully saturated rings. The molecule has 2 rings (SSSR count). The van der Waals surface area contributed by atoms with Crippen molar-refractivity contribution in [3.8, 4) is 0 Å². The smallest absolute Gasteiger partial charge is 0.0618 e. The fourth-order valence-electron chi connectivity index (χ4n) is 1.88. The Kier molecular flexibility index (Phi) is 3.75. The number of hydrogen-bond acceptors (Lipinski definition) is 2. The van der Waals surface area contributed by atoms with Crippen molar-refractivity contribution in [1.29, 1.82) is 0 Å². The first-order valence-electron chi connectivity index (χ1n) is 5.66. The third-order valence-electron chi connectivity index (χ3n) is 2.95. The molecular formula is C13H19NO. The average molecular weight is 205 g/mol. The maximum absolute atomic E-state index is 5.23. The van der Waals surface area contributed by atoms with Crippen LogP contribution < -0.4 is 5.32 Å². The van der Waals surface area contributed by atoms with Crippen LogP contribution in [0.15, 0.2) is 30.3 Å². The van der Waals surface area contributed by atoms with Gasteiger partial charge in [-0.05, 0) is 24.3 Å². The molecule has 1 atom stereocenters. The molecule has 0 radical (unpaired) electrons. The zero-order chi connectivity index (χ0) is 10.5. The van der Waals surface area contributed by atoms with Gasteiger partial charge in [0.15, 0.2) is 0 Å². The van der Waals surface area contributed by atoms with E-state index in [1.807, 2.05) is 0 Å². The summed E-state index contributed by atoms with van der Waals surface area (Å²) in [5.74, 6) is 0.841. The number of ether oxygens (including phenoxy) is 1. The van der Waals surface area contributed by atoms with E-state index in [2.05, 4.69) is 35.6 Å². The Morgan fingerprint density at radius 1 is 1.33 bits per heavy atom. The van der Waals surface area contributed by atoms with Gasteiger partial charge in [-0.1, -0.05) is 30.3 Å². The molecule has 0 bridgehead atoms. The minimum atomic E-state index is 0.537. The summed E-state index contributed by atoms with van der Waals surface area (Å²) >= 11 is 0. The number of rotatable bonds is 6. The number of benzene rings is 1. The number of hydrogen-bond donors (Lipinski definition) is 1. The molecule has 1 aliphatic carbocycles. The molecule has 0 heterocycles. The lowest BCUT2D eigenvalue weighted by Crippen LogP contribution is -2.34. The molecule has 2 heteroatoms. The summed E-state index contributed by atoms with van der Waals surface area (Å²) in [6, 6.07) is 11.1. The molecule has 0 saturated heterocycles. The highest BCUT2D eigenvalue weighted by Crippen LogP contribution is 2.32. The summed E-state index contributed by atoms with van der Waals surface area (Å²) in [6.07, 6.45) is 2.71. The molecule has 1 unspecified atom stereocenters. The molecule has 0 aliphatic heterocycles. The molecule has 1 aliphatic rings. The Hall–Kier alpha value is -0.860.